The second kappa shape index (κ2) is 6.35. The second-order valence-electron chi connectivity index (χ2n) is 5.97. The molecule has 100 valence electrons. The normalized spacial score (nSPS) is 18.4. The molecule has 1 heterocycles. The molecule has 0 saturated carbocycles. The standard InChI is InChI=1S/C16H26N2/c1-14-5-4-6-16(11-14)13-18-9-7-15(8-10-18)12-17(2)3/h4-6,11,15H,7-10,12-13H2,1-3H3. The van der Waals surface area contributed by atoms with Crippen LogP contribution in [-0.2, 0) is 6.54 Å². The maximum absolute atomic E-state index is 2.60. The molecule has 0 spiro atoms. The van der Waals surface area contributed by atoms with E-state index in [2.05, 4.69) is 55.1 Å². The van der Waals surface area contributed by atoms with Crippen molar-refractivity contribution in [2.24, 2.45) is 5.92 Å². The summed E-state index contributed by atoms with van der Waals surface area (Å²) in [5, 5.41) is 0. The predicted molar refractivity (Wildman–Crippen MR) is 77.7 cm³/mol. The molecule has 0 radical (unpaired) electrons. The van der Waals surface area contributed by atoms with Gasteiger partial charge in [-0.3, -0.25) is 4.90 Å². The molecular formula is C16H26N2. The molecule has 0 N–H and O–H groups in total. The molecule has 2 nitrogen and oxygen atoms in total. The maximum atomic E-state index is 2.60. The first-order valence-electron chi connectivity index (χ1n) is 7.06. The Balaban J connectivity index is 1.80. The minimum Gasteiger partial charge on any atom is -0.309 e. The van der Waals surface area contributed by atoms with E-state index in [1.54, 1.807) is 0 Å². The number of nitrogens with zero attached hydrogens (tertiary/aromatic N) is 2. The lowest BCUT2D eigenvalue weighted by molar-refractivity contribution is 0.157. The summed E-state index contributed by atoms with van der Waals surface area (Å²) in [5.41, 5.74) is 2.83. The summed E-state index contributed by atoms with van der Waals surface area (Å²) in [4.78, 5) is 4.92. The first-order chi connectivity index (χ1) is 8.63. The Bertz CT molecular complexity index is 365. The van der Waals surface area contributed by atoms with Crippen molar-refractivity contribution < 1.29 is 0 Å². The number of hydrogen-bond acceptors (Lipinski definition) is 2. The van der Waals surface area contributed by atoms with Crippen molar-refractivity contribution in [1.82, 2.24) is 9.80 Å². The van der Waals surface area contributed by atoms with E-state index in [1.807, 2.05) is 0 Å². The minimum absolute atomic E-state index is 0.897. The monoisotopic (exact) mass is 246 g/mol. The third-order valence-corrected chi connectivity index (χ3v) is 3.82. The van der Waals surface area contributed by atoms with Crippen molar-refractivity contribution in [1.29, 1.82) is 0 Å². The van der Waals surface area contributed by atoms with Crippen molar-refractivity contribution in [3.63, 3.8) is 0 Å². The van der Waals surface area contributed by atoms with Gasteiger partial charge in [-0.2, -0.15) is 0 Å². The maximum Gasteiger partial charge on any atom is 0.0233 e. The van der Waals surface area contributed by atoms with Crippen LogP contribution in [0.5, 0.6) is 0 Å². The Hall–Kier alpha value is -0.860. The van der Waals surface area contributed by atoms with Gasteiger partial charge >= 0.3 is 0 Å². The highest BCUT2D eigenvalue weighted by Crippen LogP contribution is 2.19. The molecular weight excluding hydrogens is 220 g/mol. The Morgan fingerprint density at radius 2 is 1.94 bits per heavy atom. The summed E-state index contributed by atoms with van der Waals surface area (Å²) in [7, 11) is 4.36. The van der Waals surface area contributed by atoms with E-state index >= 15 is 0 Å². The van der Waals surface area contributed by atoms with E-state index < -0.39 is 0 Å². The second-order valence-corrected chi connectivity index (χ2v) is 5.97. The topological polar surface area (TPSA) is 6.48 Å². The van der Waals surface area contributed by atoms with Crippen LogP contribution in [0.3, 0.4) is 0 Å². The van der Waals surface area contributed by atoms with Crippen LogP contribution in [0.1, 0.15) is 24.0 Å². The SMILES string of the molecule is Cc1cccc(CN2CCC(CN(C)C)CC2)c1. The first kappa shape index (κ1) is 13.6. The smallest absolute Gasteiger partial charge is 0.0233 e. The summed E-state index contributed by atoms with van der Waals surface area (Å²) in [6.07, 6.45) is 2.70. The van der Waals surface area contributed by atoms with Crippen LogP contribution in [0, 0.1) is 12.8 Å². The highest BCUT2D eigenvalue weighted by molar-refractivity contribution is 5.22. The van der Waals surface area contributed by atoms with Gasteiger partial charge in [0, 0.05) is 13.1 Å². The van der Waals surface area contributed by atoms with E-state index in [-0.39, 0.29) is 0 Å². The molecule has 1 fully saturated rings. The fourth-order valence-corrected chi connectivity index (χ4v) is 2.91. The third-order valence-electron chi connectivity index (χ3n) is 3.82. The molecule has 0 bridgehead atoms. The lowest BCUT2D eigenvalue weighted by Gasteiger charge is -2.33. The van der Waals surface area contributed by atoms with Gasteiger partial charge in [0.1, 0.15) is 0 Å². The van der Waals surface area contributed by atoms with Gasteiger partial charge < -0.3 is 4.90 Å². The third kappa shape index (κ3) is 4.11. The van der Waals surface area contributed by atoms with Gasteiger partial charge in [-0.1, -0.05) is 29.8 Å². The number of aryl methyl sites for hydroxylation is 1. The highest BCUT2D eigenvalue weighted by Gasteiger charge is 2.19. The highest BCUT2D eigenvalue weighted by atomic mass is 15.1. The first-order valence-corrected chi connectivity index (χ1v) is 7.06. The van der Waals surface area contributed by atoms with Crippen molar-refractivity contribution >= 4 is 0 Å². The van der Waals surface area contributed by atoms with Crippen molar-refractivity contribution in [2.45, 2.75) is 26.3 Å². The van der Waals surface area contributed by atoms with Gasteiger partial charge in [-0.05, 0) is 58.4 Å². The van der Waals surface area contributed by atoms with Crippen molar-refractivity contribution in [3.8, 4) is 0 Å². The van der Waals surface area contributed by atoms with E-state index in [0.29, 0.717) is 0 Å². The minimum atomic E-state index is 0.897. The van der Waals surface area contributed by atoms with Crippen LogP contribution in [0.15, 0.2) is 24.3 Å². The van der Waals surface area contributed by atoms with Crippen LogP contribution < -0.4 is 0 Å². The molecule has 18 heavy (non-hydrogen) atoms. The Labute approximate surface area is 112 Å². The summed E-state index contributed by atoms with van der Waals surface area (Å²) >= 11 is 0. The Morgan fingerprint density at radius 3 is 2.56 bits per heavy atom. The summed E-state index contributed by atoms with van der Waals surface area (Å²) in [5.74, 6) is 0.897. The van der Waals surface area contributed by atoms with Crippen LogP contribution in [-0.4, -0.2) is 43.5 Å². The van der Waals surface area contributed by atoms with E-state index in [9.17, 15) is 0 Å². The van der Waals surface area contributed by atoms with Crippen LogP contribution >= 0.6 is 0 Å². The molecule has 0 aliphatic carbocycles. The zero-order chi connectivity index (χ0) is 13.0. The number of hydrogen-bond donors (Lipinski definition) is 0. The molecule has 0 amide bonds. The molecule has 1 aromatic carbocycles. The van der Waals surface area contributed by atoms with Gasteiger partial charge in [0.2, 0.25) is 0 Å². The fourth-order valence-electron chi connectivity index (χ4n) is 2.91. The van der Waals surface area contributed by atoms with Gasteiger partial charge in [0.15, 0.2) is 0 Å². The Kier molecular flexibility index (Phi) is 4.79. The van der Waals surface area contributed by atoms with E-state index in [1.165, 1.54) is 43.6 Å². The quantitative estimate of drug-likeness (QED) is 0.806. The van der Waals surface area contributed by atoms with Gasteiger partial charge in [0.25, 0.3) is 0 Å². The fraction of sp³-hybridized carbons (Fsp3) is 0.625. The van der Waals surface area contributed by atoms with Crippen LogP contribution in [0.25, 0.3) is 0 Å². The number of piperidine rings is 1. The largest absolute Gasteiger partial charge is 0.309 e. The number of rotatable bonds is 4. The lowest BCUT2D eigenvalue weighted by atomic mass is 9.96. The molecule has 2 rings (SSSR count). The number of likely N-dealkylation sites (tertiary alicyclic amines) is 1. The average molecular weight is 246 g/mol. The van der Waals surface area contributed by atoms with E-state index in [4.69, 9.17) is 0 Å². The van der Waals surface area contributed by atoms with Crippen molar-refractivity contribution in [2.75, 3.05) is 33.7 Å². The zero-order valence-corrected chi connectivity index (χ0v) is 12.0. The Morgan fingerprint density at radius 1 is 1.22 bits per heavy atom. The molecule has 1 saturated heterocycles. The molecule has 0 aromatic heterocycles. The van der Waals surface area contributed by atoms with E-state index in [0.717, 1.165) is 12.5 Å². The van der Waals surface area contributed by atoms with Gasteiger partial charge in [-0.25, -0.2) is 0 Å². The molecule has 1 aliphatic rings. The summed E-state index contributed by atoms with van der Waals surface area (Å²) in [6, 6.07) is 8.90. The average Bonchev–Trinajstić information content (AvgIpc) is 2.31. The molecule has 1 aromatic rings. The lowest BCUT2D eigenvalue weighted by Crippen LogP contribution is -2.36. The predicted octanol–water partition coefficient (Wildman–Crippen LogP) is 2.77. The molecule has 0 atom stereocenters. The summed E-state index contributed by atoms with van der Waals surface area (Å²) in [6.45, 7) is 7.06. The van der Waals surface area contributed by atoms with Crippen LogP contribution in [0.2, 0.25) is 0 Å². The van der Waals surface area contributed by atoms with Gasteiger partial charge in [0.05, 0.1) is 0 Å². The van der Waals surface area contributed by atoms with Gasteiger partial charge in [-0.15, -0.1) is 0 Å². The molecule has 1 aliphatic heterocycles. The molecule has 2 heteroatoms. The van der Waals surface area contributed by atoms with Crippen LogP contribution in [0.4, 0.5) is 0 Å². The van der Waals surface area contributed by atoms with Crippen molar-refractivity contribution in [3.05, 3.63) is 35.4 Å². The number of benzene rings is 1. The molecule has 0 unspecified atom stereocenters. The summed E-state index contributed by atoms with van der Waals surface area (Å²) < 4.78 is 0. The zero-order valence-electron chi connectivity index (χ0n) is 12.0.